The second kappa shape index (κ2) is 7.47. The van der Waals surface area contributed by atoms with Crippen molar-refractivity contribution in [3.63, 3.8) is 0 Å². The average molecular weight is 387 g/mol. The highest BCUT2D eigenvalue weighted by molar-refractivity contribution is 7.22. The van der Waals surface area contributed by atoms with Crippen LogP contribution in [0.25, 0.3) is 10.2 Å². The molecule has 6 heteroatoms. The molecule has 1 aromatic carbocycles. The molecule has 1 aliphatic heterocycles. The average Bonchev–Trinajstić information content (AvgIpc) is 3.38. The van der Waals surface area contributed by atoms with E-state index < -0.39 is 0 Å². The van der Waals surface area contributed by atoms with E-state index in [1.165, 1.54) is 10.4 Å². The number of benzene rings is 1. The predicted molar refractivity (Wildman–Crippen MR) is 109 cm³/mol. The van der Waals surface area contributed by atoms with Crippen molar-refractivity contribution in [2.75, 3.05) is 18.1 Å². The number of thiazole rings is 1. The van der Waals surface area contributed by atoms with E-state index in [4.69, 9.17) is 9.72 Å². The van der Waals surface area contributed by atoms with Crippen LogP contribution in [0.5, 0.6) is 0 Å². The molecule has 1 fully saturated rings. The van der Waals surface area contributed by atoms with Crippen LogP contribution in [0.3, 0.4) is 0 Å². The lowest BCUT2D eigenvalue weighted by Crippen LogP contribution is -2.37. The van der Waals surface area contributed by atoms with Crippen LogP contribution in [0.15, 0.2) is 30.3 Å². The van der Waals surface area contributed by atoms with Crippen molar-refractivity contribution in [2.24, 2.45) is 0 Å². The van der Waals surface area contributed by atoms with Crippen LogP contribution in [-0.4, -0.2) is 30.1 Å². The first-order chi connectivity index (χ1) is 12.7. The van der Waals surface area contributed by atoms with Crippen molar-refractivity contribution in [2.45, 2.75) is 39.2 Å². The molecule has 1 unspecified atom stereocenters. The van der Waals surface area contributed by atoms with Crippen molar-refractivity contribution in [3.05, 3.63) is 45.6 Å². The Morgan fingerprint density at radius 3 is 2.88 bits per heavy atom. The highest BCUT2D eigenvalue weighted by atomic mass is 32.1. The molecule has 3 aromatic rings. The lowest BCUT2D eigenvalue weighted by molar-refractivity contribution is 0.0920. The first kappa shape index (κ1) is 17.6. The molecular formula is C20H22N2O2S2. The largest absolute Gasteiger partial charge is 0.376 e. The van der Waals surface area contributed by atoms with E-state index in [-0.39, 0.29) is 12.0 Å². The molecule has 136 valence electrons. The van der Waals surface area contributed by atoms with Gasteiger partial charge in [-0.1, -0.05) is 30.4 Å². The van der Waals surface area contributed by atoms with Gasteiger partial charge in [0.05, 0.1) is 27.7 Å². The van der Waals surface area contributed by atoms with Crippen molar-refractivity contribution in [1.82, 2.24) is 4.98 Å². The number of carbonyl (C=O) groups excluding carboxylic acids is 1. The fourth-order valence-corrected chi connectivity index (χ4v) is 5.36. The quantitative estimate of drug-likeness (QED) is 0.616. The molecule has 0 spiro atoms. The zero-order valence-electron chi connectivity index (χ0n) is 15.0. The molecule has 2 aromatic heterocycles. The molecule has 0 radical (unpaired) electrons. The lowest BCUT2D eigenvalue weighted by atomic mass is 10.2. The Morgan fingerprint density at radius 2 is 2.19 bits per heavy atom. The van der Waals surface area contributed by atoms with Crippen LogP contribution in [-0.2, 0) is 11.2 Å². The first-order valence-electron chi connectivity index (χ1n) is 9.04. The molecule has 0 bridgehead atoms. The third kappa shape index (κ3) is 3.41. The summed E-state index contributed by atoms with van der Waals surface area (Å²) in [6.07, 6.45) is 3.11. The third-order valence-corrected chi connectivity index (χ3v) is 7.15. The zero-order chi connectivity index (χ0) is 18.1. The molecule has 0 saturated carbocycles. The van der Waals surface area contributed by atoms with Gasteiger partial charge in [0.25, 0.3) is 5.91 Å². The van der Waals surface area contributed by atoms with Crippen LogP contribution >= 0.6 is 22.7 Å². The third-order valence-electron chi connectivity index (χ3n) is 4.72. The lowest BCUT2D eigenvalue weighted by Gasteiger charge is -2.22. The summed E-state index contributed by atoms with van der Waals surface area (Å²) in [5.74, 6) is 0.0346. The van der Waals surface area contributed by atoms with Crippen molar-refractivity contribution in [3.8, 4) is 0 Å². The first-order valence-corrected chi connectivity index (χ1v) is 10.7. The Hall–Kier alpha value is -1.76. The predicted octanol–water partition coefficient (Wildman–Crippen LogP) is 5.05. The fraction of sp³-hybridized carbons (Fsp3) is 0.400. The second-order valence-electron chi connectivity index (χ2n) is 6.59. The smallest absolute Gasteiger partial charge is 0.270 e. The van der Waals surface area contributed by atoms with Gasteiger partial charge in [-0.05, 0) is 49.9 Å². The molecule has 0 N–H and O–H groups in total. The Labute approximate surface area is 161 Å². The molecule has 26 heavy (non-hydrogen) atoms. The molecule has 4 rings (SSSR count). The number of amides is 1. The van der Waals surface area contributed by atoms with E-state index in [2.05, 4.69) is 19.9 Å². The van der Waals surface area contributed by atoms with Crippen molar-refractivity contribution < 1.29 is 9.53 Å². The standard InChI is InChI=1S/C20H22N2O2S2/c1-3-16-13(2)11-18(25-16)19(23)22(12-14-7-6-10-24-14)20-21-15-8-4-5-9-17(15)26-20/h4-5,8-9,11,14H,3,6-7,10,12H2,1-2H3. The van der Waals surface area contributed by atoms with Crippen molar-refractivity contribution in [1.29, 1.82) is 0 Å². The maximum atomic E-state index is 13.3. The minimum Gasteiger partial charge on any atom is -0.376 e. The molecule has 1 aliphatic rings. The number of rotatable bonds is 5. The van der Waals surface area contributed by atoms with Gasteiger partial charge in [-0.15, -0.1) is 11.3 Å². The number of ether oxygens (including phenoxy) is 1. The van der Waals surface area contributed by atoms with Gasteiger partial charge in [-0.25, -0.2) is 4.98 Å². The fourth-order valence-electron chi connectivity index (χ4n) is 3.32. The minimum atomic E-state index is 0.0346. The maximum absolute atomic E-state index is 13.3. The summed E-state index contributed by atoms with van der Waals surface area (Å²) in [5, 5.41) is 0.760. The normalized spacial score (nSPS) is 17.1. The summed E-state index contributed by atoms with van der Waals surface area (Å²) in [4.78, 5) is 21.9. The second-order valence-corrected chi connectivity index (χ2v) is 8.73. The van der Waals surface area contributed by atoms with Gasteiger partial charge in [0.15, 0.2) is 5.13 Å². The van der Waals surface area contributed by atoms with E-state index in [1.807, 2.05) is 29.2 Å². The van der Waals surface area contributed by atoms with Crippen LogP contribution in [0, 0.1) is 6.92 Å². The zero-order valence-corrected chi connectivity index (χ0v) is 16.7. The molecular weight excluding hydrogens is 364 g/mol. The summed E-state index contributed by atoms with van der Waals surface area (Å²) in [6, 6.07) is 10.0. The molecule has 1 amide bonds. The van der Waals surface area contributed by atoms with Gasteiger partial charge in [0.2, 0.25) is 0 Å². The summed E-state index contributed by atoms with van der Waals surface area (Å²) in [6.45, 7) is 5.56. The van der Waals surface area contributed by atoms with Gasteiger partial charge < -0.3 is 4.74 Å². The molecule has 3 heterocycles. The van der Waals surface area contributed by atoms with E-state index in [9.17, 15) is 4.79 Å². The number of aromatic nitrogens is 1. The maximum Gasteiger partial charge on any atom is 0.270 e. The van der Waals surface area contributed by atoms with E-state index in [0.29, 0.717) is 6.54 Å². The number of thiophene rings is 1. The molecule has 1 saturated heterocycles. The van der Waals surface area contributed by atoms with Crippen LogP contribution < -0.4 is 4.90 Å². The molecule has 4 nitrogen and oxygen atoms in total. The number of carbonyl (C=O) groups is 1. The topological polar surface area (TPSA) is 42.4 Å². The highest BCUT2D eigenvalue weighted by Gasteiger charge is 2.28. The van der Waals surface area contributed by atoms with Gasteiger partial charge in [0.1, 0.15) is 0 Å². The summed E-state index contributed by atoms with van der Waals surface area (Å²) in [5.41, 5.74) is 2.14. The molecule has 0 aliphatic carbocycles. The van der Waals surface area contributed by atoms with Gasteiger partial charge in [-0.3, -0.25) is 9.69 Å². The molecule has 1 atom stereocenters. The summed E-state index contributed by atoms with van der Waals surface area (Å²) >= 11 is 3.17. The van der Waals surface area contributed by atoms with Crippen LogP contribution in [0.1, 0.15) is 39.9 Å². The Kier molecular flexibility index (Phi) is 5.07. The van der Waals surface area contributed by atoms with Crippen molar-refractivity contribution >= 4 is 43.9 Å². The number of fused-ring (bicyclic) bond motifs is 1. The summed E-state index contributed by atoms with van der Waals surface area (Å²) in [7, 11) is 0. The Morgan fingerprint density at radius 1 is 1.35 bits per heavy atom. The summed E-state index contributed by atoms with van der Waals surface area (Å²) < 4.78 is 6.90. The number of hydrogen-bond donors (Lipinski definition) is 0. The van der Waals surface area contributed by atoms with Crippen LogP contribution in [0.2, 0.25) is 0 Å². The van der Waals surface area contributed by atoms with Crippen LogP contribution in [0.4, 0.5) is 5.13 Å². The number of anilines is 1. The monoisotopic (exact) mass is 386 g/mol. The Bertz CT molecular complexity index is 892. The van der Waals surface area contributed by atoms with Gasteiger partial charge >= 0.3 is 0 Å². The van der Waals surface area contributed by atoms with E-state index >= 15 is 0 Å². The minimum absolute atomic E-state index is 0.0346. The number of para-hydroxylation sites is 1. The number of aryl methyl sites for hydroxylation is 2. The highest BCUT2D eigenvalue weighted by Crippen LogP contribution is 2.32. The number of nitrogens with zero attached hydrogens (tertiary/aromatic N) is 2. The van der Waals surface area contributed by atoms with Gasteiger partial charge in [0, 0.05) is 11.5 Å². The number of hydrogen-bond acceptors (Lipinski definition) is 5. The SMILES string of the molecule is CCc1sc(C(=O)N(CC2CCCO2)c2nc3ccccc3s2)cc1C. The van der Waals surface area contributed by atoms with E-state index in [0.717, 1.165) is 46.1 Å². The van der Waals surface area contributed by atoms with Gasteiger partial charge in [-0.2, -0.15) is 0 Å². The Balaban J connectivity index is 1.70. The van der Waals surface area contributed by atoms with E-state index in [1.54, 1.807) is 22.7 Å².